The molecular weight excluding hydrogens is 330 g/mol. The van der Waals surface area contributed by atoms with Crippen molar-refractivity contribution in [3.63, 3.8) is 0 Å². The monoisotopic (exact) mass is 353 g/mol. The van der Waals surface area contributed by atoms with E-state index >= 15 is 0 Å². The highest BCUT2D eigenvalue weighted by Crippen LogP contribution is 2.28. The zero-order valence-electron chi connectivity index (χ0n) is 12.8. The predicted molar refractivity (Wildman–Crippen MR) is 90.5 cm³/mol. The number of carbonyl (C=O) groups is 1. The van der Waals surface area contributed by atoms with Crippen LogP contribution < -0.4 is 15.5 Å². The third kappa shape index (κ3) is 5.00. The standard InChI is InChI=1S/C16H24BrN3O/c1-12(2)10-18-11-13-3-4-15(14(17)9-13)20-7-5-16(21)19-6-8-20/h3-4,9,12,18H,5-8,10-11H2,1-2H3,(H,19,21). The molecule has 0 aromatic heterocycles. The van der Waals surface area contributed by atoms with Gasteiger partial charge in [0, 0.05) is 37.1 Å². The Morgan fingerprint density at radius 1 is 1.38 bits per heavy atom. The van der Waals surface area contributed by atoms with E-state index in [-0.39, 0.29) is 5.91 Å². The molecule has 0 saturated carbocycles. The third-order valence-electron chi connectivity index (χ3n) is 3.55. The third-order valence-corrected chi connectivity index (χ3v) is 4.18. The van der Waals surface area contributed by atoms with Crippen LogP contribution in [0.3, 0.4) is 0 Å². The zero-order chi connectivity index (χ0) is 15.2. The molecule has 21 heavy (non-hydrogen) atoms. The van der Waals surface area contributed by atoms with E-state index < -0.39 is 0 Å². The molecule has 1 heterocycles. The van der Waals surface area contributed by atoms with E-state index in [9.17, 15) is 4.79 Å². The summed E-state index contributed by atoms with van der Waals surface area (Å²) in [5.74, 6) is 0.804. The van der Waals surface area contributed by atoms with Crippen molar-refractivity contribution < 1.29 is 4.79 Å². The molecule has 0 unspecified atom stereocenters. The van der Waals surface area contributed by atoms with Crippen molar-refractivity contribution >= 4 is 27.5 Å². The first-order chi connectivity index (χ1) is 10.1. The lowest BCUT2D eigenvalue weighted by atomic mass is 10.1. The lowest BCUT2D eigenvalue weighted by molar-refractivity contribution is -0.120. The van der Waals surface area contributed by atoms with Gasteiger partial charge in [-0.15, -0.1) is 0 Å². The minimum atomic E-state index is 0.142. The Morgan fingerprint density at radius 3 is 2.90 bits per heavy atom. The second-order valence-electron chi connectivity index (χ2n) is 5.90. The van der Waals surface area contributed by atoms with Gasteiger partial charge < -0.3 is 15.5 Å². The first kappa shape index (κ1) is 16.3. The SMILES string of the molecule is CC(C)CNCc1ccc(N2CCNC(=O)CC2)c(Br)c1. The number of rotatable bonds is 5. The van der Waals surface area contributed by atoms with E-state index in [0.29, 0.717) is 18.9 Å². The highest BCUT2D eigenvalue weighted by Gasteiger charge is 2.15. The molecule has 2 rings (SSSR count). The molecule has 0 atom stereocenters. The fourth-order valence-corrected chi connectivity index (χ4v) is 3.11. The lowest BCUT2D eigenvalue weighted by Gasteiger charge is -2.23. The van der Waals surface area contributed by atoms with E-state index in [1.807, 2.05) is 0 Å². The minimum Gasteiger partial charge on any atom is -0.368 e. The van der Waals surface area contributed by atoms with Crippen LogP contribution in [-0.4, -0.2) is 32.1 Å². The number of benzene rings is 1. The van der Waals surface area contributed by atoms with E-state index in [4.69, 9.17) is 0 Å². The summed E-state index contributed by atoms with van der Waals surface area (Å²) in [6.07, 6.45) is 0.560. The van der Waals surface area contributed by atoms with Gasteiger partial charge in [0.15, 0.2) is 0 Å². The van der Waals surface area contributed by atoms with Gasteiger partial charge in [0.2, 0.25) is 5.91 Å². The van der Waals surface area contributed by atoms with Crippen LogP contribution in [0.2, 0.25) is 0 Å². The molecule has 2 N–H and O–H groups in total. The van der Waals surface area contributed by atoms with Crippen LogP contribution in [0.15, 0.2) is 22.7 Å². The highest BCUT2D eigenvalue weighted by atomic mass is 79.9. The topological polar surface area (TPSA) is 44.4 Å². The Labute approximate surface area is 135 Å². The van der Waals surface area contributed by atoms with Crippen molar-refractivity contribution in [3.8, 4) is 0 Å². The molecule has 0 radical (unpaired) electrons. The highest BCUT2D eigenvalue weighted by molar-refractivity contribution is 9.10. The zero-order valence-corrected chi connectivity index (χ0v) is 14.4. The quantitative estimate of drug-likeness (QED) is 0.854. The van der Waals surface area contributed by atoms with Crippen LogP contribution in [-0.2, 0) is 11.3 Å². The van der Waals surface area contributed by atoms with Crippen LogP contribution in [0.4, 0.5) is 5.69 Å². The van der Waals surface area contributed by atoms with Crippen LogP contribution >= 0.6 is 15.9 Å². The molecular formula is C16H24BrN3O. The molecule has 1 aromatic rings. The number of nitrogens with one attached hydrogen (secondary N) is 2. The van der Waals surface area contributed by atoms with E-state index in [1.165, 1.54) is 11.3 Å². The van der Waals surface area contributed by atoms with Crippen LogP contribution in [0, 0.1) is 5.92 Å². The predicted octanol–water partition coefficient (Wildman–Crippen LogP) is 2.52. The summed E-state index contributed by atoms with van der Waals surface area (Å²) in [6.45, 7) is 8.67. The second-order valence-corrected chi connectivity index (χ2v) is 6.75. The van der Waals surface area contributed by atoms with Crippen molar-refractivity contribution in [2.45, 2.75) is 26.8 Å². The molecule has 1 aliphatic heterocycles. The average molecular weight is 354 g/mol. The van der Waals surface area contributed by atoms with Crippen LogP contribution in [0.1, 0.15) is 25.8 Å². The number of anilines is 1. The molecule has 0 bridgehead atoms. The number of hydrogen-bond donors (Lipinski definition) is 2. The van der Waals surface area contributed by atoms with Gasteiger partial charge in [-0.05, 0) is 46.1 Å². The lowest BCUT2D eigenvalue weighted by Crippen LogP contribution is -2.28. The molecule has 5 heteroatoms. The summed E-state index contributed by atoms with van der Waals surface area (Å²) in [7, 11) is 0. The molecule has 0 spiro atoms. The Bertz CT molecular complexity index is 490. The van der Waals surface area contributed by atoms with Gasteiger partial charge >= 0.3 is 0 Å². The fourth-order valence-electron chi connectivity index (χ4n) is 2.43. The first-order valence-corrected chi connectivity index (χ1v) is 8.36. The summed E-state index contributed by atoms with van der Waals surface area (Å²) in [6, 6.07) is 6.47. The smallest absolute Gasteiger partial charge is 0.221 e. The number of nitrogens with zero attached hydrogens (tertiary/aromatic N) is 1. The molecule has 1 fully saturated rings. The Kier molecular flexibility index (Phi) is 6.06. The van der Waals surface area contributed by atoms with Crippen molar-refractivity contribution in [1.82, 2.24) is 10.6 Å². The van der Waals surface area contributed by atoms with Crippen molar-refractivity contribution in [3.05, 3.63) is 28.2 Å². The van der Waals surface area contributed by atoms with Gasteiger partial charge in [-0.2, -0.15) is 0 Å². The molecule has 116 valence electrons. The maximum Gasteiger partial charge on any atom is 0.221 e. The first-order valence-electron chi connectivity index (χ1n) is 7.57. The maximum absolute atomic E-state index is 11.4. The van der Waals surface area contributed by atoms with Crippen molar-refractivity contribution in [1.29, 1.82) is 0 Å². The van der Waals surface area contributed by atoms with Crippen molar-refractivity contribution in [2.75, 3.05) is 31.1 Å². The van der Waals surface area contributed by atoms with Gasteiger partial charge in [-0.3, -0.25) is 4.79 Å². The van der Waals surface area contributed by atoms with Gasteiger partial charge in [0.25, 0.3) is 0 Å². The molecule has 1 aliphatic rings. The number of hydrogen-bond acceptors (Lipinski definition) is 3. The second kappa shape index (κ2) is 7.80. The summed E-state index contributed by atoms with van der Waals surface area (Å²) in [4.78, 5) is 13.7. The molecule has 0 aliphatic carbocycles. The van der Waals surface area contributed by atoms with Gasteiger partial charge in [-0.25, -0.2) is 0 Å². The molecule has 1 amide bonds. The van der Waals surface area contributed by atoms with Crippen molar-refractivity contribution in [2.24, 2.45) is 5.92 Å². The summed E-state index contributed by atoms with van der Waals surface area (Å²) in [5, 5.41) is 6.36. The average Bonchev–Trinajstić information content (AvgIpc) is 2.63. The van der Waals surface area contributed by atoms with Gasteiger partial charge in [-0.1, -0.05) is 19.9 Å². The normalized spacial score (nSPS) is 16.0. The van der Waals surface area contributed by atoms with Crippen LogP contribution in [0.5, 0.6) is 0 Å². The number of halogens is 1. The Balaban J connectivity index is 1.99. The minimum absolute atomic E-state index is 0.142. The van der Waals surface area contributed by atoms with Crippen LogP contribution in [0.25, 0.3) is 0 Å². The molecule has 4 nitrogen and oxygen atoms in total. The van der Waals surface area contributed by atoms with E-state index in [1.54, 1.807) is 0 Å². The van der Waals surface area contributed by atoms with E-state index in [0.717, 1.165) is 30.7 Å². The Morgan fingerprint density at radius 2 is 2.19 bits per heavy atom. The molecule has 1 saturated heterocycles. The number of amides is 1. The fraction of sp³-hybridized carbons (Fsp3) is 0.562. The summed E-state index contributed by atoms with van der Waals surface area (Å²) >= 11 is 3.67. The Hall–Kier alpha value is -1.07. The van der Waals surface area contributed by atoms with Gasteiger partial charge in [0.1, 0.15) is 0 Å². The van der Waals surface area contributed by atoms with Gasteiger partial charge in [0.05, 0.1) is 5.69 Å². The summed E-state index contributed by atoms with van der Waals surface area (Å²) in [5.41, 5.74) is 2.44. The largest absolute Gasteiger partial charge is 0.368 e. The summed E-state index contributed by atoms with van der Waals surface area (Å²) < 4.78 is 1.10. The van der Waals surface area contributed by atoms with E-state index in [2.05, 4.69) is 63.5 Å². The maximum atomic E-state index is 11.4. The molecule has 1 aromatic carbocycles. The number of carbonyl (C=O) groups excluding carboxylic acids is 1.